The first-order valence-corrected chi connectivity index (χ1v) is 6.97. The van der Waals surface area contributed by atoms with Crippen LogP contribution >= 0.6 is 0 Å². The third kappa shape index (κ3) is 4.59. The van der Waals surface area contributed by atoms with Gasteiger partial charge in [0.05, 0.1) is 0 Å². The van der Waals surface area contributed by atoms with E-state index in [4.69, 9.17) is 4.74 Å². The third-order valence-electron chi connectivity index (χ3n) is 3.29. The van der Waals surface area contributed by atoms with Crippen molar-refractivity contribution in [2.75, 3.05) is 13.2 Å². The Morgan fingerprint density at radius 2 is 2.24 bits per heavy atom. The van der Waals surface area contributed by atoms with Crippen molar-refractivity contribution < 1.29 is 9.53 Å². The number of hydrogen-bond acceptors (Lipinski definition) is 4. The number of hydrogen-bond donors (Lipinski definition) is 2. The van der Waals surface area contributed by atoms with Crippen molar-refractivity contribution in [2.45, 2.75) is 26.7 Å². The number of nitrogens with zero attached hydrogens (tertiary/aromatic N) is 2. The molecule has 1 aromatic carbocycles. The second-order valence-corrected chi connectivity index (χ2v) is 4.87. The fourth-order valence-electron chi connectivity index (χ4n) is 1.91. The molecule has 0 unspecified atom stereocenters. The molecule has 2 N–H and O–H groups in total. The van der Waals surface area contributed by atoms with Crippen LogP contribution in [0.5, 0.6) is 5.75 Å². The van der Waals surface area contributed by atoms with Crippen LogP contribution in [0.3, 0.4) is 0 Å². The number of amides is 1. The maximum Gasteiger partial charge on any atom is 0.257 e. The van der Waals surface area contributed by atoms with Crippen molar-refractivity contribution in [3.63, 3.8) is 0 Å². The number of ether oxygens (including phenoxy) is 1. The molecular weight excluding hydrogens is 268 g/mol. The molecule has 0 saturated carbocycles. The topological polar surface area (TPSA) is 79.9 Å². The van der Waals surface area contributed by atoms with Gasteiger partial charge in [-0.2, -0.15) is 5.10 Å². The van der Waals surface area contributed by atoms with Gasteiger partial charge in [-0.05, 0) is 37.5 Å². The van der Waals surface area contributed by atoms with E-state index < -0.39 is 0 Å². The monoisotopic (exact) mass is 288 g/mol. The molecule has 0 bridgehead atoms. The van der Waals surface area contributed by atoms with Gasteiger partial charge in [0, 0.05) is 13.0 Å². The first-order chi connectivity index (χ1) is 10.2. The van der Waals surface area contributed by atoms with Gasteiger partial charge in [-0.15, -0.1) is 0 Å². The average molecular weight is 288 g/mol. The van der Waals surface area contributed by atoms with Crippen LogP contribution in [-0.2, 0) is 11.2 Å². The Morgan fingerprint density at radius 3 is 3.00 bits per heavy atom. The van der Waals surface area contributed by atoms with E-state index in [-0.39, 0.29) is 12.5 Å². The van der Waals surface area contributed by atoms with Crippen molar-refractivity contribution in [2.24, 2.45) is 0 Å². The maximum atomic E-state index is 11.7. The van der Waals surface area contributed by atoms with Crippen molar-refractivity contribution >= 4 is 5.91 Å². The smallest absolute Gasteiger partial charge is 0.257 e. The summed E-state index contributed by atoms with van der Waals surface area (Å²) in [7, 11) is 0. The van der Waals surface area contributed by atoms with Crippen LogP contribution in [0.1, 0.15) is 23.4 Å². The normalized spacial score (nSPS) is 10.4. The second kappa shape index (κ2) is 7.42. The number of nitrogens with one attached hydrogen (secondary N) is 2. The molecule has 0 spiro atoms. The molecule has 1 aromatic heterocycles. The SMILES string of the molecule is Cc1cccc(OCC(=O)NCCCc2ncn[nH]2)c1C. The van der Waals surface area contributed by atoms with E-state index in [1.54, 1.807) is 0 Å². The Labute approximate surface area is 123 Å². The van der Waals surface area contributed by atoms with E-state index in [0.717, 1.165) is 35.5 Å². The minimum atomic E-state index is -0.117. The molecule has 0 atom stereocenters. The zero-order valence-electron chi connectivity index (χ0n) is 12.3. The maximum absolute atomic E-state index is 11.7. The van der Waals surface area contributed by atoms with Gasteiger partial charge in [-0.3, -0.25) is 9.89 Å². The Balaban J connectivity index is 1.66. The van der Waals surface area contributed by atoms with Gasteiger partial charge in [-0.1, -0.05) is 12.1 Å². The zero-order valence-corrected chi connectivity index (χ0v) is 12.3. The third-order valence-corrected chi connectivity index (χ3v) is 3.29. The summed E-state index contributed by atoms with van der Waals surface area (Å²) < 4.78 is 5.54. The number of aryl methyl sites for hydroxylation is 2. The van der Waals surface area contributed by atoms with Gasteiger partial charge in [0.2, 0.25) is 0 Å². The van der Waals surface area contributed by atoms with Crippen LogP contribution in [0, 0.1) is 13.8 Å². The van der Waals surface area contributed by atoms with Gasteiger partial charge < -0.3 is 10.1 Å². The largest absolute Gasteiger partial charge is 0.483 e. The quantitative estimate of drug-likeness (QED) is 0.758. The Morgan fingerprint density at radius 1 is 1.38 bits per heavy atom. The first-order valence-electron chi connectivity index (χ1n) is 6.97. The summed E-state index contributed by atoms with van der Waals surface area (Å²) in [6.07, 6.45) is 3.05. The highest BCUT2D eigenvalue weighted by atomic mass is 16.5. The number of carbonyl (C=O) groups is 1. The second-order valence-electron chi connectivity index (χ2n) is 4.87. The molecule has 2 aromatic rings. The van der Waals surface area contributed by atoms with Gasteiger partial charge in [0.25, 0.3) is 5.91 Å². The number of aromatic amines is 1. The van der Waals surface area contributed by atoms with E-state index in [0.29, 0.717) is 6.54 Å². The summed E-state index contributed by atoms with van der Waals surface area (Å²) in [4.78, 5) is 15.7. The van der Waals surface area contributed by atoms with Gasteiger partial charge in [0.1, 0.15) is 17.9 Å². The minimum absolute atomic E-state index is 0.0343. The minimum Gasteiger partial charge on any atom is -0.483 e. The van der Waals surface area contributed by atoms with Gasteiger partial charge in [0.15, 0.2) is 6.61 Å². The van der Waals surface area contributed by atoms with E-state index >= 15 is 0 Å². The molecule has 6 heteroatoms. The molecule has 112 valence electrons. The van der Waals surface area contributed by atoms with Crippen LogP contribution in [0.4, 0.5) is 0 Å². The first kappa shape index (κ1) is 15.0. The molecule has 1 amide bonds. The zero-order chi connectivity index (χ0) is 15.1. The molecule has 0 aliphatic rings. The molecule has 0 radical (unpaired) electrons. The van der Waals surface area contributed by atoms with Crippen molar-refractivity contribution in [1.29, 1.82) is 0 Å². The number of benzene rings is 1. The van der Waals surface area contributed by atoms with E-state index in [9.17, 15) is 4.79 Å². The molecule has 2 rings (SSSR count). The molecule has 0 aliphatic heterocycles. The highest BCUT2D eigenvalue weighted by Gasteiger charge is 2.05. The highest BCUT2D eigenvalue weighted by molar-refractivity contribution is 5.77. The molecule has 21 heavy (non-hydrogen) atoms. The predicted molar refractivity (Wildman–Crippen MR) is 79.1 cm³/mol. The molecule has 1 heterocycles. The van der Waals surface area contributed by atoms with Gasteiger partial charge >= 0.3 is 0 Å². The Kier molecular flexibility index (Phi) is 5.31. The molecule has 0 fully saturated rings. The van der Waals surface area contributed by atoms with E-state index in [2.05, 4.69) is 20.5 Å². The van der Waals surface area contributed by atoms with E-state index in [1.165, 1.54) is 6.33 Å². The lowest BCUT2D eigenvalue weighted by molar-refractivity contribution is -0.123. The van der Waals surface area contributed by atoms with E-state index in [1.807, 2.05) is 32.0 Å². The van der Waals surface area contributed by atoms with Crippen LogP contribution in [0.15, 0.2) is 24.5 Å². The lowest BCUT2D eigenvalue weighted by Crippen LogP contribution is -2.30. The Bertz CT molecular complexity index is 581. The highest BCUT2D eigenvalue weighted by Crippen LogP contribution is 2.20. The molecular formula is C15H20N4O2. The van der Waals surface area contributed by atoms with Crippen molar-refractivity contribution in [1.82, 2.24) is 20.5 Å². The lowest BCUT2D eigenvalue weighted by Gasteiger charge is -2.10. The number of aromatic nitrogens is 3. The van der Waals surface area contributed by atoms with Crippen LogP contribution < -0.4 is 10.1 Å². The average Bonchev–Trinajstić information content (AvgIpc) is 2.98. The number of rotatable bonds is 7. The molecule has 0 aliphatic carbocycles. The van der Waals surface area contributed by atoms with Crippen molar-refractivity contribution in [3.8, 4) is 5.75 Å². The fourth-order valence-corrected chi connectivity index (χ4v) is 1.91. The summed E-state index contributed by atoms with van der Waals surface area (Å²) in [5.41, 5.74) is 2.22. The molecule has 6 nitrogen and oxygen atoms in total. The van der Waals surface area contributed by atoms with Crippen molar-refractivity contribution in [3.05, 3.63) is 41.5 Å². The van der Waals surface area contributed by atoms with Crippen LogP contribution in [0.25, 0.3) is 0 Å². The Hall–Kier alpha value is -2.37. The standard InChI is InChI=1S/C15H20N4O2/c1-11-5-3-6-13(12(11)2)21-9-15(20)16-8-4-7-14-17-10-18-19-14/h3,5-6,10H,4,7-9H2,1-2H3,(H,16,20)(H,17,18,19). The summed E-state index contributed by atoms with van der Waals surface area (Å²) in [5.74, 6) is 1.47. The summed E-state index contributed by atoms with van der Waals surface area (Å²) >= 11 is 0. The number of carbonyl (C=O) groups excluding carboxylic acids is 1. The van der Waals surface area contributed by atoms with Crippen LogP contribution in [0.2, 0.25) is 0 Å². The fraction of sp³-hybridized carbons (Fsp3) is 0.400. The summed E-state index contributed by atoms with van der Waals surface area (Å²) in [6.45, 7) is 4.63. The van der Waals surface area contributed by atoms with Crippen LogP contribution in [-0.4, -0.2) is 34.2 Å². The lowest BCUT2D eigenvalue weighted by atomic mass is 10.1. The molecule has 0 saturated heterocycles. The summed E-state index contributed by atoms with van der Waals surface area (Å²) in [6, 6.07) is 5.82. The predicted octanol–water partition coefficient (Wildman–Crippen LogP) is 1.55. The van der Waals surface area contributed by atoms with Gasteiger partial charge in [-0.25, -0.2) is 4.98 Å². The summed E-state index contributed by atoms with van der Waals surface area (Å²) in [5, 5.41) is 9.38. The number of H-pyrrole nitrogens is 1.